The van der Waals surface area contributed by atoms with Gasteiger partial charge >= 0.3 is 5.97 Å². The van der Waals surface area contributed by atoms with Gasteiger partial charge in [0.05, 0.1) is 12.0 Å². The van der Waals surface area contributed by atoms with Gasteiger partial charge in [0.2, 0.25) is 5.91 Å². The van der Waals surface area contributed by atoms with Crippen LogP contribution in [0.5, 0.6) is 0 Å². The Kier molecular flexibility index (Phi) is 7.66. The van der Waals surface area contributed by atoms with Crippen LogP contribution in [0.25, 0.3) is 0 Å². The van der Waals surface area contributed by atoms with Crippen molar-refractivity contribution in [3.05, 3.63) is 0 Å². The second-order valence-corrected chi connectivity index (χ2v) is 9.85. The summed E-state index contributed by atoms with van der Waals surface area (Å²) in [6.45, 7) is 8.79. The van der Waals surface area contributed by atoms with Crippen molar-refractivity contribution in [1.82, 2.24) is 4.90 Å². The first-order valence-electron chi connectivity index (χ1n) is 9.93. The second-order valence-electron chi connectivity index (χ2n) is 8.70. The predicted molar refractivity (Wildman–Crippen MR) is 103 cm³/mol. The fourth-order valence-electron chi connectivity index (χ4n) is 3.77. The van der Waals surface area contributed by atoms with Crippen molar-refractivity contribution in [2.75, 3.05) is 12.4 Å². The van der Waals surface area contributed by atoms with E-state index in [1.165, 1.54) is 32.1 Å². The van der Waals surface area contributed by atoms with Gasteiger partial charge in [0.1, 0.15) is 6.04 Å². The number of rotatable bonds is 6. The predicted octanol–water partition coefficient (Wildman–Crippen LogP) is 4.62. The molecule has 1 amide bonds. The van der Waals surface area contributed by atoms with Crippen LogP contribution in [0, 0.1) is 11.3 Å². The molecule has 2 atom stereocenters. The molecule has 2 unspecified atom stereocenters. The van der Waals surface area contributed by atoms with Gasteiger partial charge < -0.3 is 9.64 Å². The Morgan fingerprint density at radius 1 is 1.16 bits per heavy atom. The Balaban J connectivity index is 2.11. The lowest BCUT2D eigenvalue weighted by atomic mass is 9.87. The molecule has 2 fully saturated rings. The molecule has 5 heteroatoms. The standard InChI is InChI=1S/C20H35NO3S/c1-5-6-12-24-19(23)16-14-25-18(15-10-8-7-9-11-15)21(16)17(22)13-20(2,3)4/h15-16,18H,5-14H2,1-4H3. The average molecular weight is 370 g/mol. The highest BCUT2D eigenvalue weighted by Gasteiger charge is 2.45. The zero-order valence-electron chi connectivity index (χ0n) is 16.4. The molecular weight excluding hydrogens is 334 g/mol. The first-order chi connectivity index (χ1) is 11.8. The minimum atomic E-state index is -0.399. The molecule has 0 spiro atoms. The van der Waals surface area contributed by atoms with Crippen LogP contribution in [-0.2, 0) is 14.3 Å². The van der Waals surface area contributed by atoms with Gasteiger partial charge in [-0.2, -0.15) is 0 Å². The van der Waals surface area contributed by atoms with E-state index in [2.05, 4.69) is 27.7 Å². The summed E-state index contributed by atoms with van der Waals surface area (Å²) in [4.78, 5) is 27.6. The zero-order valence-corrected chi connectivity index (χ0v) is 17.2. The molecule has 1 heterocycles. The summed E-state index contributed by atoms with van der Waals surface area (Å²) in [5.41, 5.74) is -0.0713. The molecule has 0 aromatic heterocycles. The quantitative estimate of drug-likeness (QED) is 0.506. The fourth-order valence-corrected chi connectivity index (χ4v) is 5.41. The van der Waals surface area contributed by atoms with E-state index in [1.807, 2.05) is 4.90 Å². The van der Waals surface area contributed by atoms with Crippen molar-refractivity contribution in [1.29, 1.82) is 0 Å². The van der Waals surface area contributed by atoms with Gasteiger partial charge in [-0.1, -0.05) is 53.4 Å². The van der Waals surface area contributed by atoms with Crippen LogP contribution >= 0.6 is 11.8 Å². The Hall–Kier alpha value is -0.710. The van der Waals surface area contributed by atoms with Crippen LogP contribution in [0.4, 0.5) is 0 Å². The topological polar surface area (TPSA) is 46.6 Å². The maximum absolute atomic E-state index is 13.1. The Bertz CT molecular complexity index is 454. The van der Waals surface area contributed by atoms with Gasteiger partial charge in [-0.25, -0.2) is 4.79 Å². The maximum atomic E-state index is 13.1. The Morgan fingerprint density at radius 3 is 2.44 bits per heavy atom. The van der Waals surface area contributed by atoms with Gasteiger partial charge in [0.15, 0.2) is 0 Å². The maximum Gasteiger partial charge on any atom is 0.329 e. The normalized spacial score (nSPS) is 25.2. The number of hydrogen-bond acceptors (Lipinski definition) is 4. The first kappa shape index (κ1) is 20.6. The van der Waals surface area contributed by atoms with Crippen LogP contribution in [0.15, 0.2) is 0 Å². The van der Waals surface area contributed by atoms with Crippen molar-refractivity contribution >= 4 is 23.6 Å². The summed E-state index contributed by atoms with van der Waals surface area (Å²) in [7, 11) is 0. The molecule has 25 heavy (non-hydrogen) atoms. The van der Waals surface area contributed by atoms with Gasteiger partial charge in [-0.15, -0.1) is 11.8 Å². The number of nitrogens with zero attached hydrogens (tertiary/aromatic N) is 1. The van der Waals surface area contributed by atoms with Crippen molar-refractivity contribution in [2.45, 2.75) is 90.5 Å². The van der Waals surface area contributed by atoms with Crippen LogP contribution < -0.4 is 0 Å². The third-order valence-electron chi connectivity index (χ3n) is 5.07. The number of amides is 1. The number of esters is 1. The van der Waals surface area contributed by atoms with Gasteiger partial charge in [-0.05, 0) is 30.6 Å². The van der Waals surface area contributed by atoms with E-state index >= 15 is 0 Å². The minimum absolute atomic E-state index is 0.0713. The molecule has 144 valence electrons. The average Bonchev–Trinajstić information content (AvgIpc) is 2.99. The summed E-state index contributed by atoms with van der Waals surface area (Å²) in [5, 5.41) is 0.152. The number of ether oxygens (including phenoxy) is 1. The fraction of sp³-hybridized carbons (Fsp3) is 0.900. The molecule has 2 rings (SSSR count). The molecule has 4 nitrogen and oxygen atoms in total. The first-order valence-corrected chi connectivity index (χ1v) is 11.0. The largest absolute Gasteiger partial charge is 0.464 e. The van der Waals surface area contributed by atoms with Crippen molar-refractivity contribution in [2.24, 2.45) is 11.3 Å². The summed E-state index contributed by atoms with van der Waals surface area (Å²) in [6, 6.07) is -0.399. The van der Waals surface area contributed by atoms with Crippen LogP contribution in [0.1, 0.15) is 79.1 Å². The van der Waals surface area contributed by atoms with Crippen LogP contribution in [0.2, 0.25) is 0 Å². The lowest BCUT2D eigenvalue weighted by Crippen LogP contribution is -2.49. The van der Waals surface area contributed by atoms with E-state index in [9.17, 15) is 9.59 Å². The molecule has 2 aliphatic rings. The summed E-state index contributed by atoms with van der Waals surface area (Å²) >= 11 is 1.79. The highest BCUT2D eigenvalue weighted by atomic mass is 32.2. The lowest BCUT2D eigenvalue weighted by Gasteiger charge is -2.36. The molecule has 1 saturated carbocycles. The number of carbonyl (C=O) groups is 2. The van der Waals surface area contributed by atoms with Gasteiger partial charge in [-0.3, -0.25) is 4.79 Å². The number of hydrogen-bond donors (Lipinski definition) is 0. The van der Waals surface area contributed by atoms with E-state index < -0.39 is 6.04 Å². The molecule has 0 aromatic carbocycles. The molecule has 1 aliphatic heterocycles. The molecule has 0 N–H and O–H groups in total. The molecular formula is C20H35NO3S. The Morgan fingerprint density at radius 2 is 1.84 bits per heavy atom. The number of unbranched alkanes of at least 4 members (excludes halogenated alkanes) is 1. The smallest absolute Gasteiger partial charge is 0.329 e. The van der Waals surface area contributed by atoms with Crippen molar-refractivity contribution < 1.29 is 14.3 Å². The summed E-state index contributed by atoms with van der Waals surface area (Å²) < 4.78 is 5.47. The van der Waals surface area contributed by atoms with Gasteiger partial charge in [0, 0.05) is 12.2 Å². The molecule has 1 aliphatic carbocycles. The molecule has 0 aromatic rings. The van der Waals surface area contributed by atoms with E-state index in [4.69, 9.17) is 4.74 Å². The van der Waals surface area contributed by atoms with Gasteiger partial charge in [0.25, 0.3) is 0 Å². The number of carbonyl (C=O) groups excluding carboxylic acids is 2. The van der Waals surface area contributed by atoms with E-state index in [1.54, 1.807) is 11.8 Å². The third-order valence-corrected chi connectivity index (χ3v) is 6.53. The number of thioether (sulfide) groups is 1. The van der Waals surface area contributed by atoms with Crippen LogP contribution in [-0.4, -0.2) is 40.6 Å². The van der Waals surface area contributed by atoms with E-state index in [-0.39, 0.29) is 22.7 Å². The second kappa shape index (κ2) is 9.29. The van der Waals surface area contributed by atoms with E-state index in [0.717, 1.165) is 12.8 Å². The monoisotopic (exact) mass is 369 g/mol. The third kappa shape index (κ3) is 5.90. The SMILES string of the molecule is CCCCOC(=O)C1CSC(C2CCCCC2)N1C(=O)CC(C)(C)C. The molecule has 1 saturated heterocycles. The zero-order chi connectivity index (χ0) is 18.4. The summed E-state index contributed by atoms with van der Waals surface area (Å²) in [6.07, 6.45) is 8.51. The highest BCUT2D eigenvalue weighted by molar-refractivity contribution is 8.00. The van der Waals surface area contributed by atoms with Crippen molar-refractivity contribution in [3.8, 4) is 0 Å². The minimum Gasteiger partial charge on any atom is -0.464 e. The lowest BCUT2D eigenvalue weighted by molar-refractivity contribution is -0.155. The van der Waals surface area contributed by atoms with E-state index in [0.29, 0.717) is 24.7 Å². The van der Waals surface area contributed by atoms with Crippen molar-refractivity contribution in [3.63, 3.8) is 0 Å². The Labute approximate surface area is 157 Å². The molecule has 0 radical (unpaired) electrons. The summed E-state index contributed by atoms with van der Waals surface area (Å²) in [5.74, 6) is 1.12. The highest BCUT2D eigenvalue weighted by Crippen LogP contribution is 2.41. The van der Waals surface area contributed by atoms with Crippen LogP contribution in [0.3, 0.4) is 0 Å². The molecule has 0 bridgehead atoms.